The minimum atomic E-state index is -1.00. The molecule has 0 aromatic rings. The van der Waals surface area contributed by atoms with Crippen LogP contribution in [0.1, 0.15) is 20.8 Å². The van der Waals surface area contributed by atoms with Crippen molar-refractivity contribution in [3.63, 3.8) is 0 Å². The fourth-order valence-corrected chi connectivity index (χ4v) is 2.12. The Kier molecular flexibility index (Phi) is 4.44. The van der Waals surface area contributed by atoms with Gasteiger partial charge in [0.1, 0.15) is 10.1 Å². The van der Waals surface area contributed by atoms with Gasteiger partial charge in [0.05, 0.1) is 6.61 Å². The molecule has 0 aromatic carbocycles. The van der Waals surface area contributed by atoms with Gasteiger partial charge in [-0.05, 0) is 26.8 Å². The van der Waals surface area contributed by atoms with E-state index in [1.54, 1.807) is 20.8 Å². The van der Waals surface area contributed by atoms with Crippen molar-refractivity contribution in [3.8, 4) is 0 Å². The number of rotatable bonds is 3. The van der Waals surface area contributed by atoms with Crippen LogP contribution >= 0.6 is 23.2 Å². The zero-order valence-corrected chi connectivity index (χ0v) is 11.3. The second kappa shape index (κ2) is 5.27. The SMILES string of the molecule is CCOC(=O)C1C(=O)OC(C)(C)C1C=C(Cl)Cl. The number of hydrogen-bond acceptors (Lipinski definition) is 4. The Morgan fingerprint density at radius 3 is 2.59 bits per heavy atom. The Labute approximate surface area is 110 Å². The van der Waals surface area contributed by atoms with E-state index < -0.39 is 29.4 Å². The first-order valence-corrected chi connectivity index (χ1v) is 5.97. The Morgan fingerprint density at radius 2 is 2.12 bits per heavy atom. The molecule has 6 heteroatoms. The monoisotopic (exact) mass is 280 g/mol. The molecule has 0 aliphatic carbocycles. The summed E-state index contributed by atoms with van der Waals surface area (Å²) >= 11 is 11.2. The molecule has 0 aromatic heterocycles. The van der Waals surface area contributed by atoms with Crippen LogP contribution in [0.5, 0.6) is 0 Å². The summed E-state index contributed by atoms with van der Waals surface area (Å²) in [6.07, 6.45) is 1.44. The van der Waals surface area contributed by atoms with Gasteiger partial charge in [0.15, 0.2) is 5.92 Å². The van der Waals surface area contributed by atoms with Gasteiger partial charge in [-0.1, -0.05) is 23.2 Å². The zero-order chi connectivity index (χ0) is 13.2. The van der Waals surface area contributed by atoms with Gasteiger partial charge in [0.2, 0.25) is 0 Å². The molecular formula is C11H14Cl2O4. The molecule has 4 nitrogen and oxygen atoms in total. The summed E-state index contributed by atoms with van der Waals surface area (Å²) in [5, 5.41) is 0. The zero-order valence-electron chi connectivity index (χ0n) is 9.83. The first kappa shape index (κ1) is 14.3. The van der Waals surface area contributed by atoms with E-state index in [9.17, 15) is 9.59 Å². The average Bonchev–Trinajstić information content (AvgIpc) is 2.36. The van der Waals surface area contributed by atoms with Crippen molar-refractivity contribution in [2.75, 3.05) is 6.61 Å². The Bertz CT molecular complexity index is 358. The Morgan fingerprint density at radius 1 is 1.53 bits per heavy atom. The predicted molar refractivity (Wildman–Crippen MR) is 63.6 cm³/mol. The van der Waals surface area contributed by atoms with Gasteiger partial charge >= 0.3 is 11.9 Å². The van der Waals surface area contributed by atoms with Gasteiger partial charge in [-0.2, -0.15) is 0 Å². The largest absolute Gasteiger partial charge is 0.465 e. The second-order valence-corrected chi connectivity index (χ2v) is 5.24. The average molecular weight is 281 g/mol. The summed E-state index contributed by atoms with van der Waals surface area (Å²) in [6.45, 7) is 5.26. The summed E-state index contributed by atoms with van der Waals surface area (Å²) in [7, 11) is 0. The number of carbonyl (C=O) groups is 2. The summed E-state index contributed by atoms with van der Waals surface area (Å²) in [4.78, 5) is 23.4. The molecule has 1 aliphatic heterocycles. The molecule has 0 saturated carbocycles. The van der Waals surface area contributed by atoms with E-state index in [0.717, 1.165) is 0 Å². The third kappa shape index (κ3) is 3.13. The fraction of sp³-hybridized carbons (Fsp3) is 0.636. The minimum Gasteiger partial charge on any atom is -0.465 e. The highest BCUT2D eigenvalue weighted by Crippen LogP contribution is 2.40. The van der Waals surface area contributed by atoms with Crippen LogP contribution in [-0.2, 0) is 19.1 Å². The van der Waals surface area contributed by atoms with Crippen LogP contribution in [-0.4, -0.2) is 24.1 Å². The minimum absolute atomic E-state index is 0.00401. The summed E-state index contributed by atoms with van der Waals surface area (Å²) in [6, 6.07) is 0. The lowest BCUT2D eigenvalue weighted by Crippen LogP contribution is -2.32. The molecule has 1 fully saturated rings. The highest BCUT2D eigenvalue weighted by Gasteiger charge is 2.53. The van der Waals surface area contributed by atoms with E-state index in [1.807, 2.05) is 0 Å². The number of ether oxygens (including phenoxy) is 2. The van der Waals surface area contributed by atoms with Crippen LogP contribution in [0.15, 0.2) is 10.6 Å². The maximum atomic E-state index is 11.7. The third-order valence-corrected chi connectivity index (χ3v) is 2.88. The van der Waals surface area contributed by atoms with E-state index in [1.165, 1.54) is 6.08 Å². The number of carbonyl (C=O) groups excluding carboxylic acids is 2. The quantitative estimate of drug-likeness (QED) is 0.589. The van der Waals surface area contributed by atoms with Crippen LogP contribution in [0.2, 0.25) is 0 Å². The van der Waals surface area contributed by atoms with Crippen molar-refractivity contribution in [2.45, 2.75) is 26.4 Å². The van der Waals surface area contributed by atoms with Crippen LogP contribution in [0.25, 0.3) is 0 Å². The third-order valence-electron chi connectivity index (χ3n) is 2.63. The fourth-order valence-electron chi connectivity index (χ4n) is 1.85. The van der Waals surface area contributed by atoms with E-state index in [-0.39, 0.29) is 11.1 Å². The van der Waals surface area contributed by atoms with Crippen molar-refractivity contribution in [1.29, 1.82) is 0 Å². The highest BCUT2D eigenvalue weighted by molar-refractivity contribution is 6.55. The topological polar surface area (TPSA) is 52.6 Å². The molecule has 0 bridgehead atoms. The molecule has 1 saturated heterocycles. The van der Waals surface area contributed by atoms with Gasteiger partial charge in [0, 0.05) is 5.92 Å². The molecule has 2 atom stereocenters. The summed E-state index contributed by atoms with van der Waals surface area (Å²) in [5.41, 5.74) is -0.830. The predicted octanol–water partition coefficient (Wildman–Crippen LogP) is 2.44. The van der Waals surface area contributed by atoms with Crippen molar-refractivity contribution in [1.82, 2.24) is 0 Å². The van der Waals surface area contributed by atoms with Crippen molar-refractivity contribution < 1.29 is 19.1 Å². The smallest absolute Gasteiger partial charge is 0.321 e. The Balaban J connectivity index is 3.04. The van der Waals surface area contributed by atoms with Gasteiger partial charge < -0.3 is 9.47 Å². The van der Waals surface area contributed by atoms with Gasteiger partial charge in [-0.15, -0.1) is 0 Å². The maximum Gasteiger partial charge on any atom is 0.321 e. The number of halogens is 2. The molecule has 1 heterocycles. The molecule has 0 N–H and O–H groups in total. The van der Waals surface area contributed by atoms with E-state index in [2.05, 4.69) is 0 Å². The second-order valence-electron chi connectivity index (χ2n) is 4.24. The molecule has 17 heavy (non-hydrogen) atoms. The highest BCUT2D eigenvalue weighted by atomic mass is 35.5. The van der Waals surface area contributed by atoms with Gasteiger partial charge in [-0.3, -0.25) is 9.59 Å². The first-order valence-electron chi connectivity index (χ1n) is 5.22. The van der Waals surface area contributed by atoms with E-state index in [4.69, 9.17) is 32.7 Å². The van der Waals surface area contributed by atoms with Crippen molar-refractivity contribution in [2.24, 2.45) is 11.8 Å². The first-order chi connectivity index (χ1) is 7.79. The normalized spacial score (nSPS) is 26.3. The van der Waals surface area contributed by atoms with Crippen LogP contribution in [0.4, 0.5) is 0 Å². The molecule has 96 valence electrons. The maximum absolute atomic E-state index is 11.7. The molecule has 0 amide bonds. The molecule has 1 rings (SSSR count). The van der Waals surface area contributed by atoms with Gasteiger partial charge in [0.25, 0.3) is 0 Å². The lowest BCUT2D eigenvalue weighted by molar-refractivity contribution is -0.157. The van der Waals surface area contributed by atoms with E-state index in [0.29, 0.717) is 0 Å². The van der Waals surface area contributed by atoms with Crippen molar-refractivity contribution >= 4 is 35.1 Å². The van der Waals surface area contributed by atoms with E-state index >= 15 is 0 Å². The molecule has 1 aliphatic rings. The molecule has 2 unspecified atom stereocenters. The van der Waals surface area contributed by atoms with Crippen LogP contribution in [0, 0.1) is 11.8 Å². The van der Waals surface area contributed by atoms with Crippen LogP contribution in [0.3, 0.4) is 0 Å². The van der Waals surface area contributed by atoms with Gasteiger partial charge in [-0.25, -0.2) is 0 Å². The number of hydrogen-bond donors (Lipinski definition) is 0. The lowest BCUT2D eigenvalue weighted by atomic mass is 9.83. The lowest BCUT2D eigenvalue weighted by Gasteiger charge is -2.23. The molecular weight excluding hydrogens is 267 g/mol. The Hall–Kier alpha value is -0.740. The van der Waals surface area contributed by atoms with Crippen molar-refractivity contribution in [3.05, 3.63) is 10.6 Å². The van der Waals surface area contributed by atoms with Crippen LogP contribution < -0.4 is 0 Å². The number of esters is 2. The number of cyclic esters (lactones) is 1. The summed E-state index contributed by atoms with van der Waals surface area (Å²) < 4.78 is 9.98. The molecule has 0 spiro atoms. The standard InChI is InChI=1S/C11H14Cl2O4/c1-4-16-9(14)8-6(5-7(12)13)11(2,3)17-10(8)15/h5-6,8H,4H2,1-3H3. The molecule has 0 radical (unpaired) electrons. The summed E-state index contributed by atoms with van der Waals surface area (Å²) in [5.74, 6) is -2.75.